The summed E-state index contributed by atoms with van der Waals surface area (Å²) in [4.78, 5) is 37.0. The first-order valence-corrected chi connectivity index (χ1v) is 12.1. The lowest BCUT2D eigenvalue weighted by atomic mass is 9.92. The molecule has 0 aliphatic carbocycles. The Morgan fingerprint density at radius 3 is 1.92 bits per heavy atom. The van der Waals surface area contributed by atoms with Crippen LogP contribution in [0.15, 0.2) is 0 Å². The molecule has 0 spiro atoms. The number of carbonyl (C=O) groups excluding carboxylic acids is 1. The van der Waals surface area contributed by atoms with Crippen LogP contribution in [-0.2, 0) is 19.1 Å². The van der Waals surface area contributed by atoms with Crippen molar-refractivity contribution in [3.05, 3.63) is 5.01 Å². The molecule has 4 heterocycles. The Morgan fingerprint density at radius 2 is 1.47 bits per heavy atom. The van der Waals surface area contributed by atoms with Gasteiger partial charge in [0.2, 0.25) is 5.13 Å². The van der Waals surface area contributed by atoms with Crippen molar-refractivity contribution in [1.29, 1.82) is 0 Å². The van der Waals surface area contributed by atoms with E-state index in [4.69, 9.17) is 24.5 Å². The highest BCUT2D eigenvalue weighted by molar-refractivity contribution is 7.15. The number of carboxylic acid groups (broad SMARTS) is 2. The third kappa shape index (κ3) is 9.23. The Bertz CT molecular complexity index is 945. The first kappa shape index (κ1) is 31.5. The van der Waals surface area contributed by atoms with E-state index in [1.807, 2.05) is 11.8 Å². The molecule has 3 saturated heterocycles. The molecule has 216 valence electrons. The number of aryl methyl sites for hydroxylation is 1. The van der Waals surface area contributed by atoms with Crippen molar-refractivity contribution < 1.29 is 55.7 Å². The van der Waals surface area contributed by atoms with Gasteiger partial charge in [-0.2, -0.15) is 26.3 Å². The number of piperidine rings is 1. The van der Waals surface area contributed by atoms with Crippen molar-refractivity contribution in [3.63, 3.8) is 0 Å². The number of hydrogen-bond acceptors (Lipinski definition) is 9. The van der Waals surface area contributed by atoms with E-state index in [0.717, 1.165) is 62.2 Å². The summed E-state index contributed by atoms with van der Waals surface area (Å²) in [5.41, 5.74) is 0. The van der Waals surface area contributed by atoms with Crippen molar-refractivity contribution in [2.24, 2.45) is 5.92 Å². The maximum Gasteiger partial charge on any atom is 0.490 e. The molecule has 11 nitrogen and oxygen atoms in total. The minimum Gasteiger partial charge on any atom is -0.475 e. The van der Waals surface area contributed by atoms with Crippen molar-refractivity contribution in [3.8, 4) is 0 Å². The van der Waals surface area contributed by atoms with Gasteiger partial charge in [0.25, 0.3) is 5.91 Å². The van der Waals surface area contributed by atoms with Crippen LogP contribution < -0.4 is 4.90 Å². The summed E-state index contributed by atoms with van der Waals surface area (Å²) in [5.74, 6) is -4.83. The quantitative estimate of drug-likeness (QED) is 0.500. The van der Waals surface area contributed by atoms with Gasteiger partial charge >= 0.3 is 24.3 Å². The molecule has 0 saturated carbocycles. The number of fused-ring (bicyclic) bond motifs is 1. The number of anilines is 1. The van der Waals surface area contributed by atoms with Crippen LogP contribution in [-0.4, -0.2) is 119 Å². The second-order valence-electron chi connectivity index (χ2n) is 8.73. The molecular formula is C20H27F6N5O6S. The monoisotopic (exact) mass is 579 g/mol. The predicted octanol–water partition coefficient (Wildman–Crippen LogP) is 1.87. The highest BCUT2D eigenvalue weighted by Crippen LogP contribution is 2.36. The van der Waals surface area contributed by atoms with E-state index in [0.29, 0.717) is 5.92 Å². The molecule has 0 bridgehead atoms. The summed E-state index contributed by atoms with van der Waals surface area (Å²) < 4.78 is 69.6. The number of likely N-dealkylation sites (N-methyl/N-ethyl adjacent to an activating group) is 1. The summed E-state index contributed by atoms with van der Waals surface area (Å²) in [6, 6.07) is 0. The average molecular weight is 580 g/mol. The fraction of sp³-hybridized carbons (Fsp3) is 0.750. The molecule has 18 heteroatoms. The van der Waals surface area contributed by atoms with Crippen molar-refractivity contribution in [2.45, 2.75) is 44.3 Å². The third-order valence-electron chi connectivity index (χ3n) is 5.91. The van der Waals surface area contributed by atoms with Crippen molar-refractivity contribution in [1.82, 2.24) is 20.0 Å². The summed E-state index contributed by atoms with van der Waals surface area (Å²) in [6.07, 6.45) is -8.34. The summed E-state index contributed by atoms with van der Waals surface area (Å²) in [7, 11) is 2.10. The van der Waals surface area contributed by atoms with Crippen molar-refractivity contribution in [2.75, 3.05) is 51.2 Å². The predicted molar refractivity (Wildman–Crippen MR) is 120 cm³/mol. The van der Waals surface area contributed by atoms with Crippen molar-refractivity contribution >= 4 is 34.3 Å². The molecule has 4 rings (SSSR count). The maximum atomic E-state index is 12.8. The Morgan fingerprint density at radius 1 is 0.947 bits per heavy atom. The molecule has 3 atom stereocenters. The number of alkyl halides is 6. The summed E-state index contributed by atoms with van der Waals surface area (Å²) in [6.45, 7) is 7.33. The number of aromatic nitrogens is 2. The minimum absolute atomic E-state index is 0.143. The number of piperazine rings is 1. The first-order valence-electron chi connectivity index (χ1n) is 11.3. The van der Waals surface area contributed by atoms with Crippen LogP contribution in [0.25, 0.3) is 0 Å². The highest BCUT2D eigenvalue weighted by atomic mass is 32.1. The van der Waals surface area contributed by atoms with Crippen LogP contribution in [0.2, 0.25) is 0 Å². The molecule has 0 aromatic carbocycles. The number of halogens is 6. The molecule has 0 unspecified atom stereocenters. The van der Waals surface area contributed by atoms with Gasteiger partial charge in [0.05, 0.1) is 6.10 Å². The number of aliphatic carboxylic acids is 2. The number of rotatable bonds is 2. The van der Waals surface area contributed by atoms with E-state index in [9.17, 15) is 31.1 Å². The molecule has 1 amide bonds. The van der Waals surface area contributed by atoms with Crippen LogP contribution in [0.1, 0.15) is 17.8 Å². The molecule has 3 aliphatic rings. The second kappa shape index (κ2) is 12.9. The molecule has 38 heavy (non-hydrogen) atoms. The van der Waals surface area contributed by atoms with Crippen LogP contribution in [0.5, 0.6) is 0 Å². The topological polar surface area (TPSA) is 136 Å². The molecule has 3 fully saturated rings. The van der Waals surface area contributed by atoms with Gasteiger partial charge in [0.15, 0.2) is 0 Å². The van der Waals surface area contributed by atoms with Gasteiger partial charge in [-0.15, -0.1) is 10.2 Å². The van der Waals surface area contributed by atoms with E-state index >= 15 is 0 Å². The zero-order chi connectivity index (χ0) is 28.8. The lowest BCUT2D eigenvalue weighted by molar-refractivity contribution is -0.193. The van der Waals surface area contributed by atoms with Gasteiger partial charge < -0.3 is 29.6 Å². The Labute approximate surface area is 217 Å². The van der Waals surface area contributed by atoms with Gasteiger partial charge in [-0.05, 0) is 32.7 Å². The Balaban J connectivity index is 0.000000301. The lowest BCUT2D eigenvalue weighted by Gasteiger charge is -2.34. The fourth-order valence-corrected chi connectivity index (χ4v) is 4.63. The molecular weight excluding hydrogens is 552 g/mol. The van der Waals surface area contributed by atoms with Crippen LogP contribution >= 0.6 is 11.3 Å². The zero-order valence-corrected chi connectivity index (χ0v) is 21.1. The fourth-order valence-electron chi connectivity index (χ4n) is 3.91. The standard InChI is InChI=1S/C16H25N5O2S.2C2HF3O2/c1-11-17-18-16(24-11)21-4-3-12-9-13(23-14(12)10-21)15(22)20-7-5-19(2)6-8-20;2*3-2(4,5)1(6)7/h12-14H,3-10H2,1-2H3;2*(H,6,7)/t12-,13+,14+;;/m0../s1. The van der Waals surface area contributed by atoms with E-state index in [1.165, 1.54) is 0 Å². The zero-order valence-electron chi connectivity index (χ0n) is 20.3. The number of nitrogens with zero attached hydrogens (tertiary/aromatic N) is 5. The van der Waals surface area contributed by atoms with Gasteiger partial charge in [-0.3, -0.25) is 4.79 Å². The van der Waals surface area contributed by atoms with Gasteiger partial charge in [0, 0.05) is 39.3 Å². The molecule has 1 aromatic rings. The van der Waals surface area contributed by atoms with E-state index in [1.54, 1.807) is 11.3 Å². The van der Waals surface area contributed by atoms with Gasteiger partial charge in [-0.25, -0.2) is 9.59 Å². The smallest absolute Gasteiger partial charge is 0.475 e. The molecule has 2 N–H and O–H groups in total. The molecule has 0 radical (unpaired) electrons. The third-order valence-corrected chi connectivity index (χ3v) is 6.81. The normalized spacial score (nSPS) is 23.9. The van der Waals surface area contributed by atoms with E-state index < -0.39 is 24.3 Å². The Kier molecular flexibility index (Phi) is 10.7. The number of hydrogen-bond donors (Lipinski definition) is 2. The van der Waals surface area contributed by atoms with Crippen LogP contribution in [0, 0.1) is 12.8 Å². The Hall–Kier alpha value is -2.73. The number of ether oxygens (including phenoxy) is 1. The van der Waals surface area contributed by atoms with Crippen LogP contribution in [0.4, 0.5) is 31.5 Å². The second-order valence-corrected chi connectivity index (χ2v) is 9.89. The largest absolute Gasteiger partial charge is 0.490 e. The average Bonchev–Trinajstić information content (AvgIpc) is 3.44. The van der Waals surface area contributed by atoms with Gasteiger partial charge in [-0.1, -0.05) is 11.3 Å². The number of carbonyl (C=O) groups is 3. The minimum atomic E-state index is -5.08. The number of amides is 1. The summed E-state index contributed by atoms with van der Waals surface area (Å²) >= 11 is 1.63. The maximum absolute atomic E-state index is 12.8. The van der Waals surface area contributed by atoms with Crippen LogP contribution in [0.3, 0.4) is 0 Å². The SMILES string of the molecule is Cc1nnc(N2CC[C@H]3C[C@H](C(=O)N4CCN(C)CC4)O[C@@H]3C2)s1.O=C(O)C(F)(F)F.O=C(O)C(F)(F)F. The molecule has 1 aromatic heterocycles. The lowest BCUT2D eigenvalue weighted by Crippen LogP contribution is -2.50. The summed E-state index contributed by atoms with van der Waals surface area (Å²) in [5, 5.41) is 24.6. The number of carboxylic acids is 2. The molecule has 3 aliphatic heterocycles. The first-order chi connectivity index (χ1) is 17.5. The van der Waals surface area contributed by atoms with E-state index in [2.05, 4.69) is 27.0 Å². The van der Waals surface area contributed by atoms with E-state index in [-0.39, 0.29) is 18.1 Å². The van der Waals surface area contributed by atoms with Gasteiger partial charge in [0.1, 0.15) is 11.1 Å². The highest BCUT2D eigenvalue weighted by Gasteiger charge is 2.44.